The van der Waals surface area contributed by atoms with Crippen molar-refractivity contribution in [3.05, 3.63) is 83.6 Å². The van der Waals surface area contributed by atoms with Gasteiger partial charge in [-0.1, -0.05) is 80.4 Å². The van der Waals surface area contributed by atoms with Gasteiger partial charge in [-0.2, -0.15) is 9.97 Å². The van der Waals surface area contributed by atoms with E-state index in [1.807, 2.05) is 66.7 Å². The van der Waals surface area contributed by atoms with Crippen LogP contribution in [0.25, 0.3) is 0 Å². The van der Waals surface area contributed by atoms with Crippen LogP contribution >= 0.6 is 0 Å². The molecule has 4 rings (SSSR count). The minimum absolute atomic E-state index is 0.0665. The summed E-state index contributed by atoms with van der Waals surface area (Å²) in [7, 11) is 0. The lowest BCUT2D eigenvalue weighted by Crippen LogP contribution is -2.46. The van der Waals surface area contributed by atoms with Gasteiger partial charge in [-0.3, -0.25) is 0 Å². The number of nitrogens with one attached hydrogen (secondary N) is 1. The molecule has 2 aromatic carbocycles. The third-order valence-corrected chi connectivity index (χ3v) is 5.65. The molecule has 1 saturated heterocycles. The van der Waals surface area contributed by atoms with Gasteiger partial charge in [0.05, 0.1) is 5.69 Å². The highest BCUT2D eigenvalue weighted by Gasteiger charge is 2.28. The van der Waals surface area contributed by atoms with E-state index in [4.69, 9.17) is 14.2 Å². The second kappa shape index (κ2) is 12.0. The normalized spacial score (nSPS) is 17.5. The van der Waals surface area contributed by atoms with Gasteiger partial charge >= 0.3 is 12.1 Å². The summed E-state index contributed by atoms with van der Waals surface area (Å²) < 4.78 is 17.3. The van der Waals surface area contributed by atoms with Crippen LogP contribution in [-0.2, 0) is 24.4 Å². The zero-order valence-electron chi connectivity index (χ0n) is 19.5. The number of rotatable bonds is 11. The molecule has 1 aliphatic heterocycles. The Balaban J connectivity index is 1.47. The Morgan fingerprint density at radius 2 is 1.65 bits per heavy atom. The highest BCUT2D eigenvalue weighted by molar-refractivity contribution is 5.68. The maximum Gasteiger partial charge on any atom is 0.407 e. The molecular weight excluding hydrogens is 430 g/mol. The van der Waals surface area contributed by atoms with E-state index in [-0.39, 0.29) is 24.2 Å². The van der Waals surface area contributed by atoms with Gasteiger partial charge in [0.2, 0.25) is 5.88 Å². The molecule has 0 radical (unpaired) electrons. The molecule has 2 atom stereocenters. The van der Waals surface area contributed by atoms with E-state index in [0.717, 1.165) is 42.5 Å². The van der Waals surface area contributed by atoms with Crippen molar-refractivity contribution in [1.82, 2.24) is 15.3 Å². The van der Waals surface area contributed by atoms with Gasteiger partial charge in [-0.15, -0.1) is 0 Å². The average molecular weight is 462 g/mol. The molecular formula is C27H31N3O4. The van der Waals surface area contributed by atoms with E-state index < -0.39 is 0 Å². The van der Waals surface area contributed by atoms with Crippen LogP contribution < -0.4 is 14.8 Å². The second-order valence-electron chi connectivity index (χ2n) is 8.48. The number of hydrogen-bond acceptors (Lipinski definition) is 6. The fraction of sp³-hybridized carbons (Fsp3) is 0.370. The summed E-state index contributed by atoms with van der Waals surface area (Å²) in [5, 5.41) is 2.92. The monoisotopic (exact) mass is 461 g/mol. The number of hydrogen-bond donors (Lipinski definition) is 1. The fourth-order valence-electron chi connectivity index (χ4n) is 3.92. The Bertz CT molecular complexity index is 985. The van der Waals surface area contributed by atoms with Crippen molar-refractivity contribution >= 4 is 6.09 Å². The third kappa shape index (κ3) is 7.20. The van der Waals surface area contributed by atoms with Crippen LogP contribution in [0.4, 0.5) is 4.79 Å². The van der Waals surface area contributed by atoms with Crippen molar-refractivity contribution in [2.45, 2.75) is 64.4 Å². The van der Waals surface area contributed by atoms with E-state index in [1.165, 1.54) is 0 Å². The highest BCUT2D eigenvalue weighted by atomic mass is 16.6. The van der Waals surface area contributed by atoms with Crippen LogP contribution in [0.5, 0.6) is 11.9 Å². The lowest BCUT2D eigenvalue weighted by Gasteiger charge is -2.30. The smallest absolute Gasteiger partial charge is 0.407 e. The second-order valence-corrected chi connectivity index (χ2v) is 8.48. The SMILES string of the molecule is CCCC[C@H]1C[C@@H](Cc2cc(OCc3ccccc3)nc(OCc3ccccc3)n2)NC(=O)O1. The van der Waals surface area contributed by atoms with Gasteiger partial charge in [0, 0.05) is 24.9 Å². The first kappa shape index (κ1) is 23.5. The zero-order chi connectivity index (χ0) is 23.6. The number of aromatic nitrogens is 2. The van der Waals surface area contributed by atoms with Gasteiger partial charge in [-0.05, 0) is 17.5 Å². The molecule has 0 unspecified atom stereocenters. The van der Waals surface area contributed by atoms with Crippen LogP contribution in [0.15, 0.2) is 66.7 Å². The quantitative estimate of drug-likeness (QED) is 0.421. The fourth-order valence-corrected chi connectivity index (χ4v) is 3.92. The molecule has 0 saturated carbocycles. The van der Waals surface area contributed by atoms with Crippen LogP contribution in [0.1, 0.15) is 49.4 Å². The zero-order valence-corrected chi connectivity index (χ0v) is 19.5. The molecule has 2 heterocycles. The van der Waals surface area contributed by atoms with Gasteiger partial charge in [0.25, 0.3) is 0 Å². The first-order chi connectivity index (χ1) is 16.7. The number of carbonyl (C=O) groups is 1. The van der Waals surface area contributed by atoms with E-state index in [2.05, 4.69) is 22.2 Å². The Morgan fingerprint density at radius 3 is 2.32 bits per heavy atom. The van der Waals surface area contributed by atoms with Crippen molar-refractivity contribution < 1.29 is 19.0 Å². The lowest BCUT2D eigenvalue weighted by atomic mass is 9.99. The van der Waals surface area contributed by atoms with E-state index >= 15 is 0 Å². The van der Waals surface area contributed by atoms with Crippen molar-refractivity contribution in [1.29, 1.82) is 0 Å². The Kier molecular flexibility index (Phi) is 8.32. The van der Waals surface area contributed by atoms with E-state index in [9.17, 15) is 4.79 Å². The van der Waals surface area contributed by atoms with Crippen molar-refractivity contribution in [2.75, 3.05) is 0 Å². The molecule has 3 aromatic rings. The van der Waals surface area contributed by atoms with E-state index in [1.54, 1.807) is 0 Å². The number of unbranched alkanes of at least 4 members (excludes halogenated alkanes) is 1. The molecule has 1 aromatic heterocycles. The minimum Gasteiger partial charge on any atom is -0.473 e. The summed E-state index contributed by atoms with van der Waals surface area (Å²) >= 11 is 0. The van der Waals surface area contributed by atoms with Crippen LogP contribution in [0.3, 0.4) is 0 Å². The first-order valence-corrected chi connectivity index (χ1v) is 11.9. The molecule has 7 heteroatoms. The number of cyclic esters (lactones) is 1. The average Bonchev–Trinajstić information content (AvgIpc) is 2.86. The van der Waals surface area contributed by atoms with Crippen molar-refractivity contribution in [3.63, 3.8) is 0 Å². The predicted octanol–water partition coefficient (Wildman–Crippen LogP) is 5.23. The Hall–Kier alpha value is -3.61. The van der Waals surface area contributed by atoms with Crippen molar-refractivity contribution in [2.24, 2.45) is 0 Å². The van der Waals surface area contributed by atoms with Gasteiger partial charge < -0.3 is 19.5 Å². The number of amides is 1. The van der Waals surface area contributed by atoms with Gasteiger partial charge in [0.15, 0.2) is 0 Å². The molecule has 1 fully saturated rings. The third-order valence-electron chi connectivity index (χ3n) is 5.65. The highest BCUT2D eigenvalue weighted by Crippen LogP contribution is 2.22. The Labute approximate surface area is 200 Å². The molecule has 1 N–H and O–H groups in total. The summed E-state index contributed by atoms with van der Waals surface area (Å²) in [6.07, 6.45) is 3.84. The maximum atomic E-state index is 12.1. The molecule has 1 amide bonds. The summed E-state index contributed by atoms with van der Waals surface area (Å²) in [5.74, 6) is 0.442. The van der Waals surface area contributed by atoms with Crippen LogP contribution in [0.2, 0.25) is 0 Å². The predicted molar refractivity (Wildman–Crippen MR) is 129 cm³/mol. The molecule has 178 valence electrons. The number of alkyl carbamates (subject to hydrolysis) is 1. The van der Waals surface area contributed by atoms with Crippen LogP contribution in [0, 0.1) is 0 Å². The topological polar surface area (TPSA) is 82.6 Å². The lowest BCUT2D eigenvalue weighted by molar-refractivity contribution is 0.0529. The van der Waals surface area contributed by atoms with Crippen molar-refractivity contribution in [3.8, 4) is 11.9 Å². The number of nitrogens with zero attached hydrogens (tertiary/aromatic N) is 2. The number of benzene rings is 2. The van der Waals surface area contributed by atoms with E-state index in [0.29, 0.717) is 25.5 Å². The Morgan fingerprint density at radius 1 is 0.971 bits per heavy atom. The number of ether oxygens (including phenoxy) is 3. The maximum absolute atomic E-state index is 12.1. The molecule has 7 nitrogen and oxygen atoms in total. The summed E-state index contributed by atoms with van der Waals surface area (Å²) in [4.78, 5) is 21.1. The first-order valence-electron chi connectivity index (χ1n) is 11.9. The van der Waals surface area contributed by atoms with Gasteiger partial charge in [-0.25, -0.2) is 4.79 Å². The standard InChI is InChI=1S/C27H31N3O4/c1-2-3-14-24-16-22(29-27(31)34-24)15-23-17-25(32-18-20-10-6-4-7-11-20)30-26(28-23)33-19-21-12-8-5-9-13-21/h4-13,17,22,24H,2-3,14-16,18-19H2,1H3,(H,29,31)/t22-,24+/m1/s1. The number of carbonyl (C=O) groups excluding carboxylic acids is 1. The molecule has 0 spiro atoms. The molecule has 0 aliphatic carbocycles. The largest absolute Gasteiger partial charge is 0.473 e. The minimum atomic E-state index is -0.368. The summed E-state index contributed by atoms with van der Waals surface area (Å²) in [5.41, 5.74) is 2.83. The molecule has 0 bridgehead atoms. The summed E-state index contributed by atoms with van der Waals surface area (Å²) in [6.45, 7) is 2.88. The van der Waals surface area contributed by atoms with Crippen LogP contribution in [-0.4, -0.2) is 28.2 Å². The van der Waals surface area contributed by atoms with Gasteiger partial charge in [0.1, 0.15) is 19.3 Å². The summed E-state index contributed by atoms with van der Waals surface area (Å²) in [6, 6.07) is 21.8. The molecule has 1 aliphatic rings. The molecule has 34 heavy (non-hydrogen) atoms.